The van der Waals surface area contributed by atoms with Gasteiger partial charge in [-0.05, 0) is 23.6 Å². The van der Waals surface area contributed by atoms with Crippen molar-refractivity contribution in [1.82, 2.24) is 0 Å². The van der Waals surface area contributed by atoms with Gasteiger partial charge < -0.3 is 10.4 Å². The molecule has 8 heteroatoms. The van der Waals surface area contributed by atoms with Gasteiger partial charge in [0.1, 0.15) is 5.82 Å². The second-order valence-corrected chi connectivity index (χ2v) is 5.80. The Bertz CT molecular complexity index is 639. The Morgan fingerprint density at radius 1 is 1.23 bits per heavy atom. The van der Waals surface area contributed by atoms with E-state index in [-0.39, 0.29) is 0 Å². The van der Waals surface area contributed by atoms with Crippen LogP contribution in [0.4, 0.5) is 23.2 Å². The van der Waals surface area contributed by atoms with Crippen molar-refractivity contribution < 1.29 is 32.3 Å². The van der Waals surface area contributed by atoms with Crippen LogP contribution in [-0.4, -0.2) is 17.0 Å². The number of nitrogens with one attached hydrogen (secondary N) is 1. The molecule has 0 bridgehead atoms. The lowest BCUT2D eigenvalue weighted by Gasteiger charge is -2.11. The van der Waals surface area contributed by atoms with Gasteiger partial charge in [0.05, 0.1) is 23.1 Å². The number of hydrogen-bond acceptors (Lipinski definition) is 2. The predicted octanol–water partition coefficient (Wildman–Crippen LogP) is 3.14. The van der Waals surface area contributed by atoms with Crippen LogP contribution in [0.25, 0.3) is 0 Å². The van der Waals surface area contributed by atoms with Gasteiger partial charge >= 0.3 is 12.1 Å². The van der Waals surface area contributed by atoms with Crippen molar-refractivity contribution in [3.63, 3.8) is 0 Å². The monoisotopic (exact) mass is 319 g/mol. The average molecular weight is 319 g/mol. The SMILES string of the molecule is CC1(C)[C@H](C(=O)O)[C@@H]1C(=O)Nc1cc(C(F)(F)F)ccc1F. The second-order valence-electron chi connectivity index (χ2n) is 5.80. The first-order chi connectivity index (χ1) is 9.96. The highest BCUT2D eigenvalue weighted by molar-refractivity contribution is 5.99. The largest absolute Gasteiger partial charge is 0.481 e. The summed E-state index contributed by atoms with van der Waals surface area (Å²) in [4.78, 5) is 23.0. The summed E-state index contributed by atoms with van der Waals surface area (Å²) in [6.07, 6.45) is -4.67. The summed E-state index contributed by atoms with van der Waals surface area (Å²) in [6, 6.07) is 1.65. The Morgan fingerprint density at radius 2 is 1.82 bits per heavy atom. The lowest BCUT2D eigenvalue weighted by Crippen LogP contribution is -2.19. The van der Waals surface area contributed by atoms with Crippen LogP contribution in [0.3, 0.4) is 0 Å². The van der Waals surface area contributed by atoms with Crippen LogP contribution >= 0.6 is 0 Å². The van der Waals surface area contributed by atoms with E-state index >= 15 is 0 Å². The van der Waals surface area contributed by atoms with Crippen molar-refractivity contribution in [3.05, 3.63) is 29.6 Å². The molecule has 0 aliphatic heterocycles. The molecule has 4 nitrogen and oxygen atoms in total. The van der Waals surface area contributed by atoms with Gasteiger partial charge in [-0.15, -0.1) is 0 Å². The molecule has 1 aromatic carbocycles. The van der Waals surface area contributed by atoms with Crippen LogP contribution in [0.1, 0.15) is 19.4 Å². The first-order valence-electron chi connectivity index (χ1n) is 6.36. The summed E-state index contributed by atoms with van der Waals surface area (Å²) in [6.45, 7) is 3.11. The molecular weight excluding hydrogens is 306 g/mol. The summed E-state index contributed by atoms with van der Waals surface area (Å²) in [7, 11) is 0. The Morgan fingerprint density at radius 3 is 2.27 bits per heavy atom. The molecule has 2 N–H and O–H groups in total. The van der Waals surface area contributed by atoms with Gasteiger partial charge in [0.2, 0.25) is 5.91 Å². The number of alkyl halides is 3. The highest BCUT2D eigenvalue weighted by atomic mass is 19.4. The molecule has 0 heterocycles. The molecule has 0 radical (unpaired) electrons. The number of benzene rings is 1. The van der Waals surface area contributed by atoms with E-state index < -0.39 is 52.4 Å². The highest BCUT2D eigenvalue weighted by Crippen LogP contribution is 2.58. The molecule has 0 spiro atoms. The quantitative estimate of drug-likeness (QED) is 0.841. The number of carboxylic acids is 1. The van der Waals surface area contributed by atoms with Gasteiger partial charge in [0.25, 0.3) is 0 Å². The maximum atomic E-state index is 13.6. The van der Waals surface area contributed by atoms with Crippen molar-refractivity contribution in [3.8, 4) is 0 Å². The van der Waals surface area contributed by atoms with Crippen LogP contribution < -0.4 is 5.32 Å². The fraction of sp³-hybridized carbons (Fsp3) is 0.429. The maximum Gasteiger partial charge on any atom is 0.416 e. The minimum absolute atomic E-state index is 0.485. The van der Waals surface area contributed by atoms with Crippen LogP contribution in [0.15, 0.2) is 18.2 Å². The molecule has 2 atom stereocenters. The lowest BCUT2D eigenvalue weighted by atomic mass is 10.1. The third-order valence-electron chi connectivity index (χ3n) is 3.93. The van der Waals surface area contributed by atoms with Gasteiger partial charge in [-0.25, -0.2) is 4.39 Å². The fourth-order valence-corrected chi connectivity index (χ4v) is 2.60. The van der Waals surface area contributed by atoms with Gasteiger partial charge in [0.15, 0.2) is 0 Å². The Balaban J connectivity index is 2.21. The number of carbonyl (C=O) groups is 2. The normalized spacial score (nSPS) is 23.0. The predicted molar refractivity (Wildman–Crippen MR) is 68.4 cm³/mol. The smallest absolute Gasteiger partial charge is 0.416 e. The summed E-state index contributed by atoms with van der Waals surface area (Å²) < 4.78 is 51.3. The molecule has 2 rings (SSSR count). The van der Waals surface area contributed by atoms with Gasteiger partial charge in [-0.1, -0.05) is 13.8 Å². The Labute approximate surface area is 123 Å². The summed E-state index contributed by atoms with van der Waals surface area (Å²) in [5, 5.41) is 11.0. The highest BCUT2D eigenvalue weighted by Gasteiger charge is 2.65. The Kier molecular flexibility index (Phi) is 3.67. The lowest BCUT2D eigenvalue weighted by molar-refractivity contribution is -0.140. The number of carbonyl (C=O) groups excluding carboxylic acids is 1. The third kappa shape index (κ3) is 2.77. The van der Waals surface area contributed by atoms with Crippen LogP contribution in [0.5, 0.6) is 0 Å². The molecular formula is C14H13F4NO3. The van der Waals surface area contributed by atoms with Crippen molar-refractivity contribution in [2.24, 2.45) is 17.3 Å². The summed E-state index contributed by atoms with van der Waals surface area (Å²) >= 11 is 0. The summed E-state index contributed by atoms with van der Waals surface area (Å²) in [5.74, 6) is -4.86. The second kappa shape index (κ2) is 4.96. The molecule has 22 heavy (non-hydrogen) atoms. The van der Waals surface area contributed by atoms with Crippen molar-refractivity contribution >= 4 is 17.6 Å². The van der Waals surface area contributed by atoms with E-state index in [0.717, 1.165) is 0 Å². The number of aliphatic carboxylic acids is 1. The topological polar surface area (TPSA) is 66.4 Å². The summed E-state index contributed by atoms with van der Waals surface area (Å²) in [5.41, 5.74) is -2.55. The van der Waals surface area contributed by atoms with E-state index in [9.17, 15) is 27.2 Å². The minimum atomic E-state index is -4.67. The van der Waals surface area contributed by atoms with Crippen molar-refractivity contribution in [2.45, 2.75) is 20.0 Å². The van der Waals surface area contributed by atoms with E-state index in [4.69, 9.17) is 5.11 Å². The first kappa shape index (κ1) is 16.3. The van der Waals surface area contributed by atoms with Gasteiger partial charge in [-0.2, -0.15) is 13.2 Å². The first-order valence-corrected chi connectivity index (χ1v) is 6.36. The maximum absolute atomic E-state index is 13.6. The Hall–Kier alpha value is -2.12. The molecule has 120 valence electrons. The molecule has 0 saturated heterocycles. The van der Waals surface area contributed by atoms with E-state index in [2.05, 4.69) is 0 Å². The molecule has 1 aliphatic carbocycles. The van der Waals surface area contributed by atoms with Crippen molar-refractivity contribution in [1.29, 1.82) is 0 Å². The number of hydrogen-bond donors (Lipinski definition) is 2. The van der Waals surface area contributed by atoms with Crippen LogP contribution in [-0.2, 0) is 15.8 Å². The van der Waals surface area contributed by atoms with Gasteiger partial charge in [-0.3, -0.25) is 9.59 Å². The number of carboxylic acid groups (broad SMARTS) is 1. The molecule has 1 fully saturated rings. The van der Waals surface area contributed by atoms with E-state index in [1.807, 2.05) is 5.32 Å². The molecule has 1 saturated carbocycles. The number of anilines is 1. The molecule has 0 aromatic heterocycles. The standard InChI is InChI=1S/C14H13F4NO3/c1-13(2)9(10(13)12(21)22)11(20)19-8-5-6(14(16,17)18)3-4-7(8)15/h3-5,9-10H,1-2H3,(H,19,20)(H,21,22)/t9-,10+/m1/s1. The van der Waals surface area contributed by atoms with Gasteiger partial charge in [0, 0.05) is 0 Å². The molecule has 1 aromatic rings. The number of amides is 1. The molecule has 1 amide bonds. The zero-order chi connectivity index (χ0) is 16.9. The van der Waals surface area contributed by atoms with E-state index in [1.165, 1.54) is 0 Å². The van der Waals surface area contributed by atoms with E-state index in [1.54, 1.807) is 13.8 Å². The molecule has 1 aliphatic rings. The molecule has 0 unspecified atom stereocenters. The zero-order valence-corrected chi connectivity index (χ0v) is 11.7. The third-order valence-corrected chi connectivity index (χ3v) is 3.93. The average Bonchev–Trinajstić information content (AvgIpc) is 2.94. The van der Waals surface area contributed by atoms with Crippen LogP contribution in [0, 0.1) is 23.1 Å². The zero-order valence-electron chi connectivity index (χ0n) is 11.7. The number of rotatable bonds is 3. The number of halogens is 4. The minimum Gasteiger partial charge on any atom is -0.481 e. The van der Waals surface area contributed by atoms with E-state index in [0.29, 0.717) is 18.2 Å². The van der Waals surface area contributed by atoms with Crippen LogP contribution in [0.2, 0.25) is 0 Å². The fourth-order valence-electron chi connectivity index (χ4n) is 2.60. The van der Waals surface area contributed by atoms with Crippen molar-refractivity contribution in [2.75, 3.05) is 5.32 Å².